The van der Waals surface area contributed by atoms with Crippen LogP contribution >= 0.6 is 0 Å². The quantitative estimate of drug-likeness (QED) is 0.183. The maximum Gasteiger partial charge on any atom is 0.147 e. The lowest BCUT2D eigenvalue weighted by atomic mass is 9.84. The molecule has 49 heavy (non-hydrogen) atoms. The van der Waals surface area contributed by atoms with Crippen molar-refractivity contribution in [3.05, 3.63) is 158 Å². The molecule has 0 aliphatic heterocycles. The predicted octanol–water partition coefficient (Wildman–Crippen LogP) is 13.5. The molecule has 0 aliphatic rings. The highest BCUT2D eigenvalue weighted by Gasteiger charge is 2.24. The highest BCUT2D eigenvalue weighted by Crippen LogP contribution is 2.50. The molecule has 0 unspecified atom stereocenters. The van der Waals surface area contributed by atoms with Crippen molar-refractivity contribution >= 4 is 76.4 Å². The molecule has 3 nitrogen and oxygen atoms in total. The Morgan fingerprint density at radius 1 is 0.306 bits per heavy atom. The average Bonchev–Trinajstić information content (AvgIpc) is 3.87. The van der Waals surface area contributed by atoms with Gasteiger partial charge >= 0.3 is 0 Å². The van der Waals surface area contributed by atoms with Crippen molar-refractivity contribution < 1.29 is 13.3 Å². The molecule has 8 aromatic carbocycles. The van der Waals surface area contributed by atoms with Gasteiger partial charge in [-0.2, -0.15) is 0 Å². The third-order valence-electron chi connectivity index (χ3n) is 10.1. The van der Waals surface area contributed by atoms with E-state index in [0.717, 1.165) is 82.9 Å². The van der Waals surface area contributed by atoms with Crippen molar-refractivity contribution in [3.8, 4) is 33.6 Å². The summed E-state index contributed by atoms with van der Waals surface area (Å²) in [6.07, 6.45) is 0. The van der Waals surface area contributed by atoms with Gasteiger partial charge in [0.25, 0.3) is 0 Å². The van der Waals surface area contributed by atoms with E-state index in [2.05, 4.69) is 127 Å². The van der Waals surface area contributed by atoms with Crippen LogP contribution in [-0.4, -0.2) is 0 Å². The monoisotopic (exact) mass is 626 g/mol. The zero-order chi connectivity index (χ0) is 32.1. The first-order chi connectivity index (χ1) is 24.3. The lowest BCUT2D eigenvalue weighted by molar-refractivity contribution is 0.633. The van der Waals surface area contributed by atoms with Crippen LogP contribution in [-0.2, 0) is 0 Å². The van der Waals surface area contributed by atoms with E-state index in [1.54, 1.807) is 0 Å². The van der Waals surface area contributed by atoms with E-state index in [9.17, 15) is 0 Å². The first-order valence-corrected chi connectivity index (χ1v) is 16.6. The molecule has 11 rings (SSSR count). The Bertz CT molecular complexity index is 3040. The van der Waals surface area contributed by atoms with Gasteiger partial charge in [0.2, 0.25) is 0 Å². The Morgan fingerprint density at radius 3 is 1.47 bits per heavy atom. The molecule has 0 fully saturated rings. The lowest BCUT2D eigenvalue weighted by Gasteiger charge is -2.18. The number of para-hydroxylation sites is 2. The van der Waals surface area contributed by atoms with Crippen LogP contribution in [0.4, 0.5) is 0 Å². The highest BCUT2D eigenvalue weighted by molar-refractivity contribution is 6.29. The number of fused-ring (bicyclic) bond motifs is 10. The zero-order valence-electron chi connectivity index (χ0n) is 26.2. The Hall–Kier alpha value is -6.58. The summed E-state index contributed by atoms with van der Waals surface area (Å²) in [6.45, 7) is 0. The summed E-state index contributed by atoms with van der Waals surface area (Å²) in [5.74, 6) is 0.832. The van der Waals surface area contributed by atoms with Crippen molar-refractivity contribution in [2.75, 3.05) is 0 Å². The van der Waals surface area contributed by atoms with Crippen LogP contribution < -0.4 is 0 Å². The van der Waals surface area contributed by atoms with Gasteiger partial charge in [-0.15, -0.1) is 0 Å². The van der Waals surface area contributed by atoms with E-state index >= 15 is 0 Å². The maximum absolute atomic E-state index is 6.82. The van der Waals surface area contributed by atoms with E-state index in [4.69, 9.17) is 13.3 Å². The molecule has 0 amide bonds. The van der Waals surface area contributed by atoms with Gasteiger partial charge in [-0.05, 0) is 74.1 Å². The number of rotatable bonds is 3. The largest absolute Gasteiger partial charge is 0.456 e. The second-order valence-corrected chi connectivity index (χ2v) is 12.7. The molecule has 228 valence electrons. The molecule has 0 atom stereocenters. The summed E-state index contributed by atoms with van der Waals surface area (Å²) in [5, 5.41) is 10.1. The molecular formula is C46H26O3. The van der Waals surface area contributed by atoms with Gasteiger partial charge in [0, 0.05) is 27.1 Å². The van der Waals surface area contributed by atoms with E-state index in [1.807, 2.05) is 30.3 Å². The minimum Gasteiger partial charge on any atom is -0.456 e. The molecule has 0 radical (unpaired) electrons. The van der Waals surface area contributed by atoms with Crippen molar-refractivity contribution in [3.63, 3.8) is 0 Å². The molecule has 3 heterocycles. The number of furan rings is 3. The van der Waals surface area contributed by atoms with Gasteiger partial charge in [-0.25, -0.2) is 0 Å². The van der Waals surface area contributed by atoms with Gasteiger partial charge in [0.1, 0.15) is 33.7 Å². The number of hydrogen-bond donors (Lipinski definition) is 0. The summed E-state index contributed by atoms with van der Waals surface area (Å²) in [4.78, 5) is 0. The molecule has 0 saturated heterocycles. The summed E-state index contributed by atoms with van der Waals surface area (Å²) < 4.78 is 19.8. The molecule has 11 aromatic rings. The maximum atomic E-state index is 6.82. The van der Waals surface area contributed by atoms with Crippen LogP contribution in [0.5, 0.6) is 0 Å². The molecule has 3 heteroatoms. The molecular weight excluding hydrogens is 601 g/mol. The first-order valence-electron chi connectivity index (χ1n) is 16.6. The van der Waals surface area contributed by atoms with E-state index in [-0.39, 0.29) is 0 Å². The van der Waals surface area contributed by atoms with Crippen LogP contribution in [0.2, 0.25) is 0 Å². The minimum absolute atomic E-state index is 0.810. The van der Waals surface area contributed by atoms with Crippen LogP contribution in [0.15, 0.2) is 171 Å². The van der Waals surface area contributed by atoms with Crippen molar-refractivity contribution in [2.24, 2.45) is 0 Å². The Balaban J connectivity index is 1.31. The summed E-state index contributed by atoms with van der Waals surface area (Å²) >= 11 is 0. The van der Waals surface area contributed by atoms with Crippen LogP contribution in [0, 0.1) is 0 Å². The fourth-order valence-electron chi connectivity index (χ4n) is 8.03. The van der Waals surface area contributed by atoms with Crippen molar-refractivity contribution in [1.29, 1.82) is 0 Å². The summed E-state index contributed by atoms with van der Waals surface area (Å²) in [5.41, 5.74) is 9.92. The Kier molecular flexibility index (Phi) is 5.38. The number of benzene rings is 8. The molecule has 0 aliphatic carbocycles. The molecule has 0 saturated carbocycles. The standard InChI is InChI=1S/C46H26O3/c1-2-13-27(14-3-1)40-26-36-35(25-41-45(46(36)49-40)33-20-9-11-23-38(33)48-41)43-30-17-6-4-15-28(30)42(29-16-5-7-18-31(29)43)34-21-12-24-39-44(34)32-19-8-10-22-37(32)47-39/h1-26H. The van der Waals surface area contributed by atoms with Gasteiger partial charge in [-0.1, -0.05) is 127 Å². The lowest BCUT2D eigenvalue weighted by Crippen LogP contribution is -1.91. The third-order valence-corrected chi connectivity index (χ3v) is 10.1. The molecule has 0 spiro atoms. The second kappa shape index (κ2) is 9.96. The third kappa shape index (κ3) is 3.73. The normalized spacial score (nSPS) is 12.1. The first kappa shape index (κ1) is 26.5. The van der Waals surface area contributed by atoms with Gasteiger partial charge in [0.05, 0.1) is 5.39 Å². The average molecular weight is 627 g/mol. The smallest absolute Gasteiger partial charge is 0.147 e. The predicted molar refractivity (Wildman–Crippen MR) is 202 cm³/mol. The second-order valence-electron chi connectivity index (χ2n) is 12.7. The van der Waals surface area contributed by atoms with Gasteiger partial charge in [0.15, 0.2) is 0 Å². The molecule has 3 aromatic heterocycles. The molecule has 0 bridgehead atoms. The Morgan fingerprint density at radius 2 is 0.816 bits per heavy atom. The van der Waals surface area contributed by atoms with Gasteiger partial charge < -0.3 is 13.3 Å². The van der Waals surface area contributed by atoms with E-state index < -0.39 is 0 Å². The Labute approximate surface area is 280 Å². The van der Waals surface area contributed by atoms with E-state index in [0.29, 0.717) is 0 Å². The van der Waals surface area contributed by atoms with Crippen LogP contribution in [0.1, 0.15) is 0 Å². The molecule has 0 N–H and O–H groups in total. The fraction of sp³-hybridized carbons (Fsp3) is 0. The fourth-order valence-corrected chi connectivity index (χ4v) is 8.03. The van der Waals surface area contributed by atoms with Gasteiger partial charge in [-0.3, -0.25) is 0 Å². The van der Waals surface area contributed by atoms with Crippen LogP contribution in [0.3, 0.4) is 0 Å². The van der Waals surface area contributed by atoms with Crippen molar-refractivity contribution in [1.82, 2.24) is 0 Å². The zero-order valence-corrected chi connectivity index (χ0v) is 26.2. The topological polar surface area (TPSA) is 39.4 Å². The van der Waals surface area contributed by atoms with E-state index in [1.165, 1.54) is 27.1 Å². The SMILES string of the molecule is c1ccc(-c2cc3c(-c4c5ccccc5c(-c5cccc6oc7ccccc7c56)c5ccccc45)cc4oc5ccccc5c4c3o2)cc1. The minimum atomic E-state index is 0.810. The van der Waals surface area contributed by atoms with Crippen LogP contribution in [0.25, 0.3) is 110 Å². The summed E-state index contributed by atoms with van der Waals surface area (Å²) in [7, 11) is 0. The highest BCUT2D eigenvalue weighted by atomic mass is 16.3. The summed E-state index contributed by atoms with van der Waals surface area (Å²) in [6, 6.07) is 55.3. The number of hydrogen-bond acceptors (Lipinski definition) is 3. The van der Waals surface area contributed by atoms with Crippen molar-refractivity contribution in [2.45, 2.75) is 0 Å².